The van der Waals surface area contributed by atoms with Crippen LogP contribution in [0.2, 0.25) is 11.6 Å². The van der Waals surface area contributed by atoms with Gasteiger partial charge in [0, 0.05) is 12.1 Å². The topological polar surface area (TPSA) is 9.23 Å². The number of alkyl halides is 17. The third-order valence-corrected chi connectivity index (χ3v) is 8.27. The summed E-state index contributed by atoms with van der Waals surface area (Å²) in [6.45, 7) is -0.221. The molecule has 1 nitrogen and oxygen atoms in total. The fraction of sp³-hybridized carbons (Fsp3) is 1.00. The second kappa shape index (κ2) is 8.29. The minimum absolute atomic E-state index is 0.0479. The van der Waals surface area contributed by atoms with Gasteiger partial charge in [0.1, 0.15) is 0 Å². The SMILES string of the molecule is CC([SiH]1CCCCO1)C(F)(F)C(F)(F)C(F)(F)C(F)(F)C(F)(F)C(F)(F)C(F)(F)C(F)(F)F. The molecule has 0 aromatic carbocycles. The maximum atomic E-state index is 14.1. The van der Waals surface area contributed by atoms with Crippen LogP contribution in [0.1, 0.15) is 19.8 Å². The Labute approximate surface area is 175 Å². The number of hydrogen-bond donors (Lipinski definition) is 0. The van der Waals surface area contributed by atoms with Gasteiger partial charge in [-0.25, -0.2) is 0 Å². The van der Waals surface area contributed by atoms with Crippen LogP contribution in [-0.4, -0.2) is 63.3 Å². The van der Waals surface area contributed by atoms with Crippen LogP contribution in [0, 0.1) is 0 Å². The molecule has 1 aliphatic rings. The van der Waals surface area contributed by atoms with E-state index in [1.54, 1.807) is 0 Å². The second-order valence-corrected chi connectivity index (χ2v) is 10.2. The maximum absolute atomic E-state index is 14.1. The monoisotopic (exact) mass is 548 g/mol. The minimum atomic E-state index is -8.59. The highest BCUT2D eigenvalue weighted by molar-refractivity contribution is 6.54. The predicted molar refractivity (Wildman–Crippen MR) is 77.2 cm³/mol. The van der Waals surface area contributed by atoms with Crippen molar-refractivity contribution in [2.24, 2.45) is 0 Å². The highest BCUT2D eigenvalue weighted by Crippen LogP contribution is 2.65. The van der Waals surface area contributed by atoms with Gasteiger partial charge in [-0.2, -0.15) is 74.6 Å². The summed E-state index contributed by atoms with van der Waals surface area (Å²) in [4.78, 5) is 0. The zero-order valence-corrected chi connectivity index (χ0v) is 17.0. The summed E-state index contributed by atoms with van der Waals surface area (Å²) >= 11 is 0. The van der Waals surface area contributed by atoms with Gasteiger partial charge >= 0.3 is 47.6 Å². The molecule has 0 aromatic heterocycles. The quantitative estimate of drug-likeness (QED) is 0.237. The summed E-state index contributed by atoms with van der Waals surface area (Å²) in [7, 11) is -3.61. The van der Waals surface area contributed by atoms with Crippen LogP contribution in [0.15, 0.2) is 0 Å². The first-order chi connectivity index (χ1) is 14.3. The molecule has 1 aliphatic heterocycles. The molecule has 0 radical (unpaired) electrons. The van der Waals surface area contributed by atoms with Crippen molar-refractivity contribution in [3.05, 3.63) is 0 Å². The van der Waals surface area contributed by atoms with Gasteiger partial charge in [0.25, 0.3) is 0 Å². The lowest BCUT2D eigenvalue weighted by Crippen LogP contribution is -2.74. The first-order valence-corrected chi connectivity index (χ1v) is 10.5. The largest absolute Gasteiger partial charge is 0.460 e. The molecule has 198 valence electrons. The third kappa shape index (κ3) is 4.07. The highest BCUT2D eigenvalue weighted by Gasteiger charge is 2.95. The Morgan fingerprint density at radius 3 is 1.24 bits per heavy atom. The fourth-order valence-electron chi connectivity index (χ4n) is 2.86. The smallest absolute Gasteiger partial charge is 0.420 e. The van der Waals surface area contributed by atoms with Crippen LogP contribution in [0.4, 0.5) is 74.6 Å². The Hall–Kier alpha value is -1.01. The van der Waals surface area contributed by atoms with Gasteiger partial charge in [-0.05, 0) is 12.5 Å². The summed E-state index contributed by atoms with van der Waals surface area (Å²) in [6, 6.07) is -0.388. The second-order valence-electron chi connectivity index (χ2n) is 7.26. The van der Waals surface area contributed by atoms with Crippen LogP contribution in [0.5, 0.6) is 0 Å². The molecule has 33 heavy (non-hydrogen) atoms. The summed E-state index contributed by atoms with van der Waals surface area (Å²) in [5.74, 6) is -56.0. The maximum Gasteiger partial charge on any atom is 0.460 e. The third-order valence-electron chi connectivity index (χ3n) is 5.09. The van der Waals surface area contributed by atoms with Crippen LogP contribution in [-0.2, 0) is 4.43 Å². The molecule has 0 amide bonds. The minimum Gasteiger partial charge on any atom is -0.420 e. The lowest BCUT2D eigenvalue weighted by atomic mass is 9.88. The lowest BCUT2D eigenvalue weighted by molar-refractivity contribution is -0.461. The normalized spacial score (nSPS) is 21.8. The van der Waals surface area contributed by atoms with Crippen LogP contribution < -0.4 is 0 Å². The predicted octanol–water partition coefficient (Wildman–Crippen LogP) is 6.92. The van der Waals surface area contributed by atoms with Gasteiger partial charge in [-0.3, -0.25) is 0 Å². The molecule has 19 heteroatoms. The van der Waals surface area contributed by atoms with E-state index in [1.165, 1.54) is 0 Å². The van der Waals surface area contributed by atoms with Crippen molar-refractivity contribution in [2.75, 3.05) is 6.61 Å². The van der Waals surface area contributed by atoms with Gasteiger partial charge in [0.15, 0.2) is 9.04 Å². The summed E-state index contributed by atoms with van der Waals surface area (Å²) in [5, 5.41) is 0. The van der Waals surface area contributed by atoms with Crippen molar-refractivity contribution in [1.29, 1.82) is 0 Å². The zero-order chi connectivity index (χ0) is 26.7. The Kier molecular flexibility index (Phi) is 7.54. The van der Waals surface area contributed by atoms with E-state index in [9.17, 15) is 74.6 Å². The first kappa shape index (κ1) is 30.0. The van der Waals surface area contributed by atoms with Crippen LogP contribution >= 0.6 is 0 Å². The molecule has 1 fully saturated rings. The molecule has 0 spiro atoms. The number of hydrogen-bond acceptors (Lipinski definition) is 1. The first-order valence-electron chi connectivity index (χ1n) is 8.59. The molecule has 1 heterocycles. The number of rotatable bonds is 8. The standard InChI is InChI=1S/C14H13F17OSi/c1-6(33-5-3-2-4-32-33)7(15,16)8(17,18)9(19,20)10(21,22)11(23,24)12(25,26)13(27,28)14(29,30)31/h6,33H,2-5H2,1H3. The van der Waals surface area contributed by atoms with E-state index >= 15 is 0 Å². The fourth-order valence-corrected chi connectivity index (χ4v) is 5.65. The molecule has 0 aliphatic carbocycles. The van der Waals surface area contributed by atoms with Gasteiger partial charge in [0.05, 0.1) is 0 Å². The van der Waals surface area contributed by atoms with Crippen molar-refractivity contribution in [2.45, 2.75) is 79.0 Å². The van der Waals surface area contributed by atoms with Crippen molar-refractivity contribution in [3.63, 3.8) is 0 Å². The molecule has 0 N–H and O–H groups in total. The van der Waals surface area contributed by atoms with E-state index in [1.807, 2.05) is 0 Å². The van der Waals surface area contributed by atoms with Crippen LogP contribution in [0.25, 0.3) is 0 Å². The Morgan fingerprint density at radius 1 is 0.545 bits per heavy atom. The Balaban J connectivity index is 3.56. The molecule has 2 unspecified atom stereocenters. The summed E-state index contributed by atoms with van der Waals surface area (Å²) in [6.07, 6.45) is -7.50. The van der Waals surface area contributed by atoms with Gasteiger partial charge in [-0.15, -0.1) is 0 Å². The lowest BCUT2D eigenvalue weighted by Gasteiger charge is -2.44. The van der Waals surface area contributed by atoms with Gasteiger partial charge < -0.3 is 4.43 Å². The Morgan fingerprint density at radius 2 is 0.909 bits per heavy atom. The van der Waals surface area contributed by atoms with Crippen molar-refractivity contribution >= 4 is 9.04 Å². The van der Waals surface area contributed by atoms with E-state index in [4.69, 9.17) is 4.43 Å². The zero-order valence-electron chi connectivity index (χ0n) is 15.8. The molecular formula is C14H13F17OSi. The van der Waals surface area contributed by atoms with Crippen LogP contribution in [0.3, 0.4) is 0 Å². The molecule has 0 saturated carbocycles. The van der Waals surface area contributed by atoms with Gasteiger partial charge in [-0.1, -0.05) is 13.3 Å². The molecule has 1 rings (SSSR count). The molecule has 1 saturated heterocycles. The average molecular weight is 548 g/mol. The number of halogens is 17. The van der Waals surface area contributed by atoms with E-state index in [-0.39, 0.29) is 32.4 Å². The highest BCUT2D eigenvalue weighted by atomic mass is 28.3. The molecule has 0 aromatic rings. The average Bonchev–Trinajstić information content (AvgIpc) is 2.66. The summed E-state index contributed by atoms with van der Waals surface area (Å²) in [5.41, 5.74) is -3.00. The molecule has 2 atom stereocenters. The van der Waals surface area contributed by atoms with E-state index in [2.05, 4.69) is 0 Å². The van der Waals surface area contributed by atoms with Crippen molar-refractivity contribution in [1.82, 2.24) is 0 Å². The molecular weight excluding hydrogens is 535 g/mol. The Bertz CT molecular complexity index is 694. The van der Waals surface area contributed by atoms with E-state index in [0.717, 1.165) is 0 Å². The molecule has 0 bridgehead atoms. The van der Waals surface area contributed by atoms with Crippen molar-refractivity contribution < 1.29 is 79.1 Å². The van der Waals surface area contributed by atoms with E-state index < -0.39 is 62.2 Å². The summed E-state index contributed by atoms with van der Waals surface area (Å²) < 4.78 is 230. The van der Waals surface area contributed by atoms with Gasteiger partial charge in [0.2, 0.25) is 0 Å². The van der Waals surface area contributed by atoms with Crippen molar-refractivity contribution in [3.8, 4) is 0 Å². The van der Waals surface area contributed by atoms with E-state index in [0.29, 0.717) is 0 Å².